The molecule has 2 aromatic carbocycles. The van der Waals surface area contributed by atoms with Gasteiger partial charge in [-0.1, -0.05) is 23.4 Å². The molecule has 14 nitrogen and oxygen atoms in total. The topological polar surface area (TPSA) is 148 Å². The average Bonchev–Trinajstić information content (AvgIpc) is 3.29. The molecule has 3 aromatic rings. The molecule has 3 aliphatic heterocycles. The van der Waals surface area contributed by atoms with Gasteiger partial charge in [0, 0.05) is 34.5 Å². The first-order valence-corrected chi connectivity index (χ1v) is 17.7. The number of nitrogens with zero attached hydrogens (tertiary/aromatic N) is 3. The number of morpholine rings is 1. The van der Waals surface area contributed by atoms with E-state index in [1.165, 1.54) is 53.5 Å². The van der Waals surface area contributed by atoms with Gasteiger partial charge in [-0.3, -0.25) is 23.1 Å². The third-order valence-electron chi connectivity index (χ3n) is 7.90. The molecule has 0 bridgehead atoms. The highest BCUT2D eigenvalue weighted by Gasteiger charge is 2.38. The lowest BCUT2D eigenvalue weighted by atomic mass is 9.96. The maximum Gasteiger partial charge on any atom is 0.551 e. The third-order valence-corrected chi connectivity index (χ3v) is 10.5. The Hall–Kier alpha value is -4.15. The number of pyridine rings is 1. The van der Waals surface area contributed by atoms with Gasteiger partial charge in [-0.15, -0.1) is 11.8 Å². The van der Waals surface area contributed by atoms with Gasteiger partial charge in [-0.25, -0.2) is 18.1 Å². The number of amides is 1. The van der Waals surface area contributed by atoms with E-state index in [1.807, 2.05) is 24.3 Å². The van der Waals surface area contributed by atoms with Crippen molar-refractivity contribution in [1.82, 2.24) is 9.58 Å². The number of fused-ring (bicyclic) bond motifs is 4. The van der Waals surface area contributed by atoms with Crippen LogP contribution in [0.25, 0.3) is 0 Å². The first-order valence-electron chi connectivity index (χ1n) is 15.2. The van der Waals surface area contributed by atoms with Gasteiger partial charge < -0.3 is 29.3 Å². The van der Waals surface area contributed by atoms with Crippen LogP contribution in [-0.4, -0.2) is 68.1 Å². The zero-order chi connectivity index (χ0) is 34.7. The Kier molecular flexibility index (Phi) is 10.5. The molecule has 6 rings (SSSR count). The number of aromatic nitrogens is 1. The van der Waals surface area contributed by atoms with E-state index in [0.717, 1.165) is 17.6 Å². The van der Waals surface area contributed by atoms with E-state index in [4.69, 9.17) is 27.9 Å². The molecular formula is C31H33F2N4O10PS. The van der Waals surface area contributed by atoms with Crippen molar-refractivity contribution in [1.29, 1.82) is 0 Å². The first-order chi connectivity index (χ1) is 23.6. The summed E-state index contributed by atoms with van der Waals surface area (Å²) in [5, 5.41) is 3.78. The molecule has 0 aliphatic carbocycles. The number of rotatable bonds is 10. The second-order valence-electron chi connectivity index (χ2n) is 10.9. The van der Waals surface area contributed by atoms with Crippen molar-refractivity contribution in [3.05, 3.63) is 87.5 Å². The van der Waals surface area contributed by atoms with Gasteiger partial charge in [0.05, 0.1) is 33.0 Å². The van der Waals surface area contributed by atoms with Gasteiger partial charge in [-0.05, 0) is 49.6 Å². The number of ether oxygens (including phenoxy) is 4. The van der Waals surface area contributed by atoms with Crippen molar-refractivity contribution < 1.29 is 55.6 Å². The fourth-order valence-electron chi connectivity index (χ4n) is 5.56. The number of thioether (sulfide) groups is 1. The summed E-state index contributed by atoms with van der Waals surface area (Å²) >= 11 is 1.42. The molecule has 3 aliphatic rings. The van der Waals surface area contributed by atoms with Crippen LogP contribution in [0.2, 0.25) is 0 Å². The van der Waals surface area contributed by atoms with Crippen molar-refractivity contribution in [2.45, 2.75) is 43.2 Å². The van der Waals surface area contributed by atoms with Gasteiger partial charge in [-0.2, -0.15) is 0 Å². The molecule has 262 valence electrons. The summed E-state index contributed by atoms with van der Waals surface area (Å²) in [5.41, 5.74) is 4.67. The lowest BCUT2D eigenvalue weighted by Crippen LogP contribution is -2.59. The maximum atomic E-state index is 15.5. The van der Waals surface area contributed by atoms with Crippen LogP contribution < -0.4 is 15.5 Å². The summed E-state index contributed by atoms with van der Waals surface area (Å²) in [4.78, 5) is 27.7. The molecule has 3 atom stereocenters. The van der Waals surface area contributed by atoms with Gasteiger partial charge in [0.15, 0.2) is 23.1 Å². The van der Waals surface area contributed by atoms with Crippen LogP contribution in [0.5, 0.6) is 5.75 Å². The van der Waals surface area contributed by atoms with Crippen LogP contribution in [-0.2, 0) is 44.6 Å². The van der Waals surface area contributed by atoms with Crippen LogP contribution in [0.1, 0.15) is 52.7 Å². The monoisotopic (exact) mass is 722 g/mol. The number of carbonyl (C=O) groups is 2. The molecule has 4 heterocycles. The van der Waals surface area contributed by atoms with Gasteiger partial charge >= 0.3 is 14.0 Å². The number of carbonyl (C=O) groups excluding carboxylic acids is 2. The summed E-state index contributed by atoms with van der Waals surface area (Å²) in [6.07, 6.45) is -1.00. The van der Waals surface area contributed by atoms with E-state index >= 15 is 8.78 Å². The number of nitrogens with one attached hydrogen (secondary N) is 1. The highest BCUT2D eigenvalue weighted by molar-refractivity contribution is 7.98. The maximum absolute atomic E-state index is 15.5. The minimum absolute atomic E-state index is 0.0424. The predicted molar refractivity (Wildman–Crippen MR) is 169 cm³/mol. The molecule has 1 fully saturated rings. The van der Waals surface area contributed by atoms with Crippen molar-refractivity contribution in [2.75, 3.05) is 45.7 Å². The Morgan fingerprint density at radius 1 is 1.22 bits per heavy atom. The van der Waals surface area contributed by atoms with E-state index in [1.54, 1.807) is 0 Å². The second-order valence-corrected chi connectivity index (χ2v) is 13.5. The normalized spacial score (nSPS) is 18.8. The quantitative estimate of drug-likeness (QED) is 0.127. The molecule has 0 spiro atoms. The number of hydrogen-bond donors (Lipinski definition) is 1. The van der Waals surface area contributed by atoms with Crippen molar-refractivity contribution in [3.8, 4) is 5.75 Å². The third kappa shape index (κ3) is 7.26. The van der Waals surface area contributed by atoms with Gasteiger partial charge in [0.2, 0.25) is 6.79 Å². The Balaban J connectivity index is 1.31. The molecule has 1 saturated heterocycles. The van der Waals surface area contributed by atoms with Crippen LogP contribution in [0.15, 0.2) is 52.6 Å². The summed E-state index contributed by atoms with van der Waals surface area (Å²) in [6, 6.07) is 10.5. The van der Waals surface area contributed by atoms with Crippen molar-refractivity contribution >= 4 is 31.6 Å². The average molecular weight is 723 g/mol. The fourth-order valence-corrected chi connectivity index (χ4v) is 7.83. The number of halogens is 2. The number of phosphoric acid groups is 1. The Bertz CT molecular complexity index is 1880. The fraction of sp³-hybridized carbons (Fsp3) is 0.387. The SMILES string of the molecule is CCOP(=O)(O/N=c1\ccn2c(c1OCOC(=O)OC)C(=O)N1CCOC[C@H]1N2)OC(C)c1cc2c(c(F)c1F)CSc1ccccc1C2. The molecule has 1 aromatic heterocycles. The highest BCUT2D eigenvalue weighted by Crippen LogP contribution is 2.54. The first kappa shape index (κ1) is 34.7. The number of methoxy groups -OCH3 is 1. The molecule has 49 heavy (non-hydrogen) atoms. The Labute approximate surface area is 283 Å². The minimum atomic E-state index is -4.62. The largest absolute Gasteiger partial charge is 0.551 e. The molecule has 18 heteroatoms. The lowest BCUT2D eigenvalue weighted by molar-refractivity contribution is -0.00504. The zero-order valence-electron chi connectivity index (χ0n) is 26.7. The van der Waals surface area contributed by atoms with E-state index < -0.39 is 50.6 Å². The molecule has 0 radical (unpaired) electrons. The molecule has 1 N–H and O–H groups in total. The van der Waals surface area contributed by atoms with Crippen molar-refractivity contribution in [2.24, 2.45) is 5.16 Å². The molecule has 1 amide bonds. The summed E-state index contributed by atoms with van der Waals surface area (Å²) in [5.74, 6) is -2.58. The van der Waals surface area contributed by atoms with Crippen LogP contribution >= 0.6 is 19.6 Å². The van der Waals surface area contributed by atoms with Crippen LogP contribution in [0, 0.1) is 11.6 Å². The van der Waals surface area contributed by atoms with E-state index in [9.17, 15) is 14.2 Å². The van der Waals surface area contributed by atoms with E-state index in [2.05, 4.69) is 15.3 Å². The molecule has 0 saturated carbocycles. The minimum Gasteiger partial charge on any atom is -0.452 e. The number of hydrogen-bond acceptors (Lipinski definition) is 13. The van der Waals surface area contributed by atoms with Crippen molar-refractivity contribution in [3.63, 3.8) is 0 Å². The number of phosphoric ester groups is 1. The Morgan fingerprint density at radius 3 is 2.84 bits per heavy atom. The zero-order valence-corrected chi connectivity index (χ0v) is 28.4. The molecule has 2 unspecified atom stereocenters. The van der Waals surface area contributed by atoms with E-state index in [-0.39, 0.29) is 53.4 Å². The summed E-state index contributed by atoms with van der Waals surface area (Å²) in [6.45, 7) is 2.90. The second kappa shape index (κ2) is 14.8. The van der Waals surface area contributed by atoms with Crippen LogP contribution in [0.3, 0.4) is 0 Å². The predicted octanol–water partition coefficient (Wildman–Crippen LogP) is 5.19. The molecular weight excluding hydrogens is 689 g/mol. The van der Waals surface area contributed by atoms with Gasteiger partial charge in [0.1, 0.15) is 11.5 Å². The number of benzene rings is 2. The summed E-state index contributed by atoms with van der Waals surface area (Å²) in [7, 11) is -3.51. The standard InChI is InChI=1S/C31H33F2N4O10PS/c1-4-45-48(40,46-18(2)21-14-20-13-19-7-5-6-8-24(19)49-16-22(20)27(33)26(21)32)47-35-23-9-10-37-28(29(23)43-17-44-31(39)41-3)30(38)36-11-12-42-15-25(36)34-37/h5-10,14,18,25,34H,4,11-13,15-17H2,1-3H3/b35-23+/t18?,25-,48?/m0/s1. The summed E-state index contributed by atoms with van der Waals surface area (Å²) < 4.78 is 83.0. The highest BCUT2D eigenvalue weighted by atomic mass is 32.2. The Morgan fingerprint density at radius 2 is 2.04 bits per heavy atom. The van der Waals surface area contributed by atoms with Gasteiger partial charge in [0.25, 0.3) is 5.91 Å². The lowest BCUT2D eigenvalue weighted by Gasteiger charge is -2.41. The van der Waals surface area contributed by atoms with E-state index in [0.29, 0.717) is 18.6 Å². The smallest absolute Gasteiger partial charge is 0.452 e. The van der Waals surface area contributed by atoms with Crippen LogP contribution in [0.4, 0.5) is 13.6 Å².